The topological polar surface area (TPSA) is 99.9 Å². The minimum absolute atomic E-state index is 0.0387. The van der Waals surface area contributed by atoms with E-state index in [2.05, 4.69) is 60.4 Å². The minimum Gasteiger partial charge on any atom is -0.378 e. The smallest absolute Gasteiger partial charge is 0.223 e. The molecule has 0 spiro atoms. The molecule has 7 nitrogen and oxygen atoms in total. The second-order valence-electron chi connectivity index (χ2n) is 8.26. The molecule has 0 saturated heterocycles. The highest BCUT2D eigenvalue weighted by atomic mass is 79.9. The van der Waals surface area contributed by atoms with Gasteiger partial charge in [-0.3, -0.25) is 4.79 Å². The average molecular weight is 467 g/mol. The van der Waals surface area contributed by atoms with Gasteiger partial charge < -0.3 is 20.9 Å². The first-order valence-corrected chi connectivity index (χ1v) is 10.8. The second kappa shape index (κ2) is 7.12. The molecule has 1 aromatic carbocycles. The molecular formula is C22H23BrN6O. The Morgan fingerprint density at radius 3 is 2.87 bits per heavy atom. The van der Waals surface area contributed by atoms with Gasteiger partial charge in [0, 0.05) is 37.6 Å². The van der Waals surface area contributed by atoms with Gasteiger partial charge in [-0.25, -0.2) is 9.97 Å². The molecule has 154 valence electrons. The maximum absolute atomic E-state index is 12.1. The Bertz CT molecular complexity index is 1170. The van der Waals surface area contributed by atoms with Crippen LogP contribution in [0.1, 0.15) is 6.42 Å². The first-order chi connectivity index (χ1) is 14.4. The van der Waals surface area contributed by atoms with Gasteiger partial charge in [0.25, 0.3) is 0 Å². The third-order valence-electron chi connectivity index (χ3n) is 6.21. The highest BCUT2D eigenvalue weighted by molar-refractivity contribution is 9.10. The lowest BCUT2D eigenvalue weighted by molar-refractivity contribution is -0.122. The normalized spacial score (nSPS) is 24.5. The van der Waals surface area contributed by atoms with E-state index in [4.69, 9.17) is 10.7 Å². The lowest BCUT2D eigenvalue weighted by atomic mass is 9.88. The van der Waals surface area contributed by atoms with Crippen LogP contribution in [-0.2, 0) is 4.79 Å². The molecular weight excluding hydrogens is 444 g/mol. The van der Waals surface area contributed by atoms with Crippen LogP contribution in [0.5, 0.6) is 0 Å². The van der Waals surface area contributed by atoms with Gasteiger partial charge in [0.1, 0.15) is 11.3 Å². The van der Waals surface area contributed by atoms with Gasteiger partial charge in [-0.05, 0) is 46.3 Å². The van der Waals surface area contributed by atoms with Gasteiger partial charge in [0.05, 0.1) is 16.1 Å². The van der Waals surface area contributed by atoms with Crippen molar-refractivity contribution in [3.05, 3.63) is 47.1 Å². The van der Waals surface area contributed by atoms with E-state index in [1.54, 1.807) is 6.20 Å². The van der Waals surface area contributed by atoms with E-state index in [-0.39, 0.29) is 23.8 Å². The number of nitrogens with one attached hydrogen (secondary N) is 2. The van der Waals surface area contributed by atoms with Crippen molar-refractivity contribution < 1.29 is 4.79 Å². The summed E-state index contributed by atoms with van der Waals surface area (Å²) in [6.45, 7) is 0. The molecule has 2 bridgehead atoms. The zero-order chi connectivity index (χ0) is 21.0. The molecule has 0 radical (unpaired) electrons. The molecule has 2 aliphatic carbocycles. The molecule has 1 fully saturated rings. The van der Waals surface area contributed by atoms with Crippen molar-refractivity contribution in [2.45, 2.75) is 12.5 Å². The monoisotopic (exact) mass is 466 g/mol. The summed E-state index contributed by atoms with van der Waals surface area (Å²) in [6.07, 6.45) is 7.03. The van der Waals surface area contributed by atoms with Gasteiger partial charge in [-0.1, -0.05) is 24.3 Å². The van der Waals surface area contributed by atoms with Gasteiger partial charge in [-0.2, -0.15) is 0 Å². The number of carbonyl (C=O) groups excluding carboxylic acids is 1. The summed E-state index contributed by atoms with van der Waals surface area (Å²) in [5.41, 5.74) is 10.1. The maximum atomic E-state index is 12.1. The van der Waals surface area contributed by atoms with Crippen molar-refractivity contribution in [2.24, 2.45) is 23.5 Å². The van der Waals surface area contributed by atoms with Crippen LogP contribution in [0.25, 0.3) is 22.6 Å². The summed E-state index contributed by atoms with van der Waals surface area (Å²) < 4.78 is 0.821. The zero-order valence-electron chi connectivity index (χ0n) is 16.8. The van der Waals surface area contributed by atoms with E-state index in [1.807, 2.05) is 26.2 Å². The molecule has 4 atom stereocenters. The van der Waals surface area contributed by atoms with Crippen LogP contribution < -0.4 is 16.0 Å². The van der Waals surface area contributed by atoms with Gasteiger partial charge in [-0.15, -0.1) is 0 Å². The lowest BCUT2D eigenvalue weighted by Gasteiger charge is -2.28. The first-order valence-electron chi connectivity index (χ1n) is 9.98. The number of allylic oxidation sites excluding steroid dienone is 1. The molecule has 0 aliphatic heterocycles. The molecule has 2 aromatic heterocycles. The number of pyridine rings is 1. The van der Waals surface area contributed by atoms with Gasteiger partial charge in [0.15, 0.2) is 5.65 Å². The predicted octanol–water partition coefficient (Wildman–Crippen LogP) is 3.54. The third kappa shape index (κ3) is 3.06. The highest BCUT2D eigenvalue weighted by Crippen LogP contribution is 2.46. The number of aromatic amines is 1. The molecule has 1 saturated carbocycles. The molecule has 5 rings (SSSR count). The number of fused-ring (bicyclic) bond motifs is 3. The molecule has 2 aliphatic rings. The number of benzene rings is 1. The van der Waals surface area contributed by atoms with Crippen molar-refractivity contribution in [3.63, 3.8) is 0 Å². The third-order valence-corrected chi connectivity index (χ3v) is 6.81. The second-order valence-corrected chi connectivity index (χ2v) is 9.11. The van der Waals surface area contributed by atoms with Gasteiger partial charge in [0.2, 0.25) is 5.91 Å². The standard InChI is InChI=1S/C22H23BrN6O/c1-29(2)14-5-3-4-13(9-14)21-27-19-18(15(23)10-25-22(19)28-21)26-17-12-7-6-11(8-12)16(17)20(24)30/h3-7,9-12,16-17H,8H2,1-2H3,(H2,24,30)(H2,25,26,27,28)/t11-,12-,16+,17-/m1/s1. The van der Waals surface area contributed by atoms with E-state index in [0.29, 0.717) is 11.6 Å². The van der Waals surface area contributed by atoms with E-state index >= 15 is 0 Å². The number of H-pyrrole nitrogens is 1. The molecule has 4 N–H and O–H groups in total. The Hall–Kier alpha value is -2.87. The summed E-state index contributed by atoms with van der Waals surface area (Å²) >= 11 is 3.62. The quantitative estimate of drug-likeness (QED) is 0.499. The largest absolute Gasteiger partial charge is 0.378 e. The Morgan fingerprint density at radius 1 is 1.30 bits per heavy atom. The lowest BCUT2D eigenvalue weighted by Crippen LogP contribution is -2.41. The SMILES string of the molecule is CN(C)c1cccc(-c2nc3ncc(Br)c(N[C@H]4[C@@H](C(N)=O)[C@@H]5C=C[C@@H]4C5)c3[nH]2)c1. The Balaban J connectivity index is 1.55. The van der Waals surface area contributed by atoms with Crippen LogP contribution in [0.4, 0.5) is 11.4 Å². The van der Waals surface area contributed by atoms with Crippen molar-refractivity contribution in [1.29, 1.82) is 0 Å². The van der Waals surface area contributed by atoms with Crippen LogP contribution in [0, 0.1) is 17.8 Å². The number of imidazole rings is 1. The van der Waals surface area contributed by atoms with Crippen molar-refractivity contribution in [1.82, 2.24) is 15.0 Å². The molecule has 1 amide bonds. The van der Waals surface area contributed by atoms with E-state index in [9.17, 15) is 4.79 Å². The van der Waals surface area contributed by atoms with Crippen molar-refractivity contribution in [2.75, 3.05) is 24.3 Å². The Morgan fingerprint density at radius 2 is 2.10 bits per heavy atom. The summed E-state index contributed by atoms with van der Waals surface area (Å²) in [6, 6.07) is 8.14. The number of halogens is 1. The Labute approximate surface area is 182 Å². The summed E-state index contributed by atoms with van der Waals surface area (Å²) in [7, 11) is 4.02. The van der Waals surface area contributed by atoms with Crippen LogP contribution in [0.3, 0.4) is 0 Å². The van der Waals surface area contributed by atoms with Crippen molar-refractivity contribution >= 4 is 44.4 Å². The number of nitrogens with two attached hydrogens (primary N) is 1. The van der Waals surface area contributed by atoms with Gasteiger partial charge >= 0.3 is 0 Å². The average Bonchev–Trinajstić information content (AvgIpc) is 3.44. The summed E-state index contributed by atoms with van der Waals surface area (Å²) in [5.74, 6) is 0.793. The number of primary amides is 1. The molecule has 0 unspecified atom stereocenters. The van der Waals surface area contributed by atoms with Crippen LogP contribution >= 0.6 is 15.9 Å². The zero-order valence-corrected chi connectivity index (χ0v) is 18.3. The highest BCUT2D eigenvalue weighted by Gasteiger charge is 2.47. The van der Waals surface area contributed by atoms with Crippen LogP contribution in [0.15, 0.2) is 47.1 Å². The first kappa shape index (κ1) is 19.1. The van der Waals surface area contributed by atoms with E-state index in [0.717, 1.165) is 39.2 Å². The van der Waals surface area contributed by atoms with Crippen LogP contribution in [0.2, 0.25) is 0 Å². The number of nitrogens with zero attached hydrogens (tertiary/aromatic N) is 3. The summed E-state index contributed by atoms with van der Waals surface area (Å²) in [4.78, 5) is 26.8. The number of carbonyl (C=O) groups is 1. The fourth-order valence-corrected chi connectivity index (χ4v) is 5.13. The molecule has 8 heteroatoms. The fourth-order valence-electron chi connectivity index (χ4n) is 4.72. The number of aromatic nitrogens is 3. The summed E-state index contributed by atoms with van der Waals surface area (Å²) in [5, 5.41) is 3.59. The van der Waals surface area contributed by atoms with Crippen molar-refractivity contribution in [3.8, 4) is 11.4 Å². The number of rotatable bonds is 5. The number of amides is 1. The Kier molecular flexibility index (Phi) is 4.54. The predicted molar refractivity (Wildman–Crippen MR) is 122 cm³/mol. The van der Waals surface area contributed by atoms with Crippen LogP contribution in [-0.4, -0.2) is 41.0 Å². The number of hydrogen-bond acceptors (Lipinski definition) is 5. The molecule has 3 aromatic rings. The fraction of sp³-hybridized carbons (Fsp3) is 0.318. The molecule has 2 heterocycles. The maximum Gasteiger partial charge on any atom is 0.223 e. The van der Waals surface area contributed by atoms with E-state index in [1.165, 1.54) is 0 Å². The van der Waals surface area contributed by atoms with E-state index < -0.39 is 0 Å². The molecule has 30 heavy (non-hydrogen) atoms. The number of hydrogen-bond donors (Lipinski definition) is 3. The number of anilines is 2. The minimum atomic E-state index is -0.253.